The Kier molecular flexibility index (Phi) is 4.23. The van der Waals surface area contributed by atoms with E-state index < -0.39 is 0 Å². The van der Waals surface area contributed by atoms with E-state index in [-0.39, 0.29) is 18.4 Å². The predicted octanol–water partition coefficient (Wildman–Crippen LogP) is 0.427. The quantitative estimate of drug-likeness (QED) is 0.698. The number of hydrogen-bond acceptors (Lipinski definition) is 5. The average molecular weight is 271 g/mol. The lowest BCUT2D eigenvalue weighted by Crippen LogP contribution is -2.33. The number of nitrogens with two attached hydrogens (primary N) is 1. The van der Waals surface area contributed by atoms with Crippen LogP contribution in [-0.4, -0.2) is 28.3 Å². The molecule has 0 unspecified atom stereocenters. The summed E-state index contributed by atoms with van der Waals surface area (Å²) in [6.07, 6.45) is 2.83. The van der Waals surface area contributed by atoms with Crippen molar-refractivity contribution in [2.45, 2.75) is 0 Å². The van der Waals surface area contributed by atoms with Crippen LogP contribution in [0.5, 0.6) is 0 Å². The van der Waals surface area contributed by atoms with E-state index in [1.165, 1.54) is 12.5 Å². The van der Waals surface area contributed by atoms with Crippen LogP contribution in [0, 0.1) is 0 Å². The maximum absolute atomic E-state index is 11.8. The zero-order chi connectivity index (χ0) is 14.4. The predicted molar refractivity (Wildman–Crippen MR) is 73.8 cm³/mol. The van der Waals surface area contributed by atoms with Crippen LogP contribution in [0.25, 0.3) is 0 Å². The van der Waals surface area contributed by atoms with Crippen LogP contribution >= 0.6 is 0 Å². The van der Waals surface area contributed by atoms with Crippen LogP contribution in [0.2, 0.25) is 0 Å². The number of carbonyl (C=O) groups is 2. The van der Waals surface area contributed by atoms with E-state index in [0.717, 1.165) is 0 Å². The van der Waals surface area contributed by atoms with E-state index in [1.54, 1.807) is 30.3 Å². The molecule has 0 aliphatic heterocycles. The zero-order valence-electron chi connectivity index (χ0n) is 10.5. The molecule has 0 saturated carbocycles. The van der Waals surface area contributed by atoms with Crippen LogP contribution in [0.15, 0.2) is 42.9 Å². The molecular formula is C13H13N5O2. The number of amides is 2. The van der Waals surface area contributed by atoms with Gasteiger partial charge in [-0.3, -0.25) is 9.59 Å². The van der Waals surface area contributed by atoms with E-state index in [4.69, 9.17) is 5.73 Å². The number of nitrogens with one attached hydrogen (secondary N) is 2. The molecule has 1 aromatic heterocycles. The fourth-order valence-corrected chi connectivity index (χ4v) is 1.45. The first-order valence-corrected chi connectivity index (χ1v) is 5.85. The molecule has 1 aromatic carbocycles. The Morgan fingerprint density at radius 2 is 1.90 bits per heavy atom. The summed E-state index contributed by atoms with van der Waals surface area (Å²) in [6.45, 7) is -0.146. The first-order valence-electron chi connectivity index (χ1n) is 5.85. The molecule has 102 valence electrons. The highest BCUT2D eigenvalue weighted by molar-refractivity contribution is 5.99. The normalized spacial score (nSPS) is 9.80. The Morgan fingerprint density at radius 3 is 2.55 bits per heavy atom. The van der Waals surface area contributed by atoms with Crippen LogP contribution < -0.4 is 16.4 Å². The second kappa shape index (κ2) is 6.28. The molecule has 20 heavy (non-hydrogen) atoms. The lowest BCUT2D eigenvalue weighted by Gasteiger charge is -2.06. The average Bonchev–Trinajstić information content (AvgIpc) is 2.46. The minimum absolute atomic E-state index is 0.146. The fraction of sp³-hybridized carbons (Fsp3) is 0.0769. The summed E-state index contributed by atoms with van der Waals surface area (Å²) in [6, 6.07) is 7.98. The molecule has 0 radical (unpaired) electrons. The topological polar surface area (TPSA) is 110 Å². The molecule has 2 rings (SSSR count). The van der Waals surface area contributed by atoms with Crippen molar-refractivity contribution < 1.29 is 9.59 Å². The van der Waals surface area contributed by atoms with E-state index in [9.17, 15) is 9.59 Å². The van der Waals surface area contributed by atoms with Gasteiger partial charge in [0.05, 0.1) is 6.54 Å². The van der Waals surface area contributed by atoms with Gasteiger partial charge in [0.2, 0.25) is 5.91 Å². The molecule has 2 aromatic rings. The second-order valence-electron chi connectivity index (χ2n) is 3.95. The van der Waals surface area contributed by atoms with Crippen molar-refractivity contribution in [3.8, 4) is 0 Å². The molecule has 1 heterocycles. The van der Waals surface area contributed by atoms with Gasteiger partial charge < -0.3 is 16.4 Å². The van der Waals surface area contributed by atoms with E-state index in [0.29, 0.717) is 17.1 Å². The van der Waals surface area contributed by atoms with Crippen LogP contribution in [0.1, 0.15) is 10.4 Å². The monoisotopic (exact) mass is 271 g/mol. The zero-order valence-corrected chi connectivity index (χ0v) is 10.5. The molecule has 0 aliphatic rings. The van der Waals surface area contributed by atoms with Crippen LogP contribution in [-0.2, 0) is 4.79 Å². The molecular weight excluding hydrogens is 258 g/mol. The number of anilines is 2. The van der Waals surface area contributed by atoms with E-state index >= 15 is 0 Å². The van der Waals surface area contributed by atoms with E-state index in [2.05, 4.69) is 20.6 Å². The van der Waals surface area contributed by atoms with Crippen molar-refractivity contribution >= 4 is 23.3 Å². The van der Waals surface area contributed by atoms with Crippen molar-refractivity contribution in [1.82, 2.24) is 15.3 Å². The van der Waals surface area contributed by atoms with Crippen LogP contribution in [0.4, 0.5) is 11.5 Å². The van der Waals surface area contributed by atoms with Gasteiger partial charge >= 0.3 is 0 Å². The van der Waals surface area contributed by atoms with Gasteiger partial charge in [0, 0.05) is 17.4 Å². The Balaban J connectivity index is 1.84. The minimum Gasteiger partial charge on any atom is -0.399 e. The van der Waals surface area contributed by atoms with Crippen molar-refractivity contribution in [2.75, 3.05) is 17.6 Å². The van der Waals surface area contributed by atoms with Gasteiger partial charge in [0.25, 0.3) is 5.91 Å². The molecule has 7 nitrogen and oxygen atoms in total. The van der Waals surface area contributed by atoms with Crippen LogP contribution in [0.3, 0.4) is 0 Å². The molecule has 0 saturated heterocycles. The van der Waals surface area contributed by atoms with Gasteiger partial charge in [-0.05, 0) is 30.3 Å². The highest BCUT2D eigenvalue weighted by Gasteiger charge is 2.08. The van der Waals surface area contributed by atoms with Gasteiger partial charge in [-0.1, -0.05) is 0 Å². The van der Waals surface area contributed by atoms with Gasteiger partial charge in [0.1, 0.15) is 12.1 Å². The number of rotatable bonds is 4. The lowest BCUT2D eigenvalue weighted by atomic mass is 10.2. The number of benzene rings is 1. The number of nitrogen functional groups attached to an aromatic ring is 1. The summed E-state index contributed by atoms with van der Waals surface area (Å²) in [7, 11) is 0. The first-order chi connectivity index (χ1) is 9.65. The fourth-order valence-electron chi connectivity index (χ4n) is 1.45. The maximum Gasteiger partial charge on any atom is 0.251 e. The largest absolute Gasteiger partial charge is 0.399 e. The maximum atomic E-state index is 11.8. The number of aromatic nitrogens is 2. The summed E-state index contributed by atoms with van der Waals surface area (Å²) < 4.78 is 0. The Morgan fingerprint density at radius 1 is 1.15 bits per heavy atom. The number of nitrogens with zero attached hydrogens (tertiary/aromatic N) is 2. The molecule has 0 fully saturated rings. The summed E-state index contributed by atoms with van der Waals surface area (Å²) in [5, 5.41) is 5.04. The van der Waals surface area contributed by atoms with Gasteiger partial charge in [-0.15, -0.1) is 0 Å². The van der Waals surface area contributed by atoms with Crippen molar-refractivity contribution in [2.24, 2.45) is 0 Å². The van der Waals surface area contributed by atoms with Gasteiger partial charge in [0.15, 0.2) is 0 Å². The molecule has 0 spiro atoms. The smallest absolute Gasteiger partial charge is 0.251 e. The Labute approximate surface area is 115 Å². The lowest BCUT2D eigenvalue weighted by molar-refractivity contribution is -0.115. The highest BCUT2D eigenvalue weighted by Crippen LogP contribution is 2.05. The van der Waals surface area contributed by atoms with Crippen molar-refractivity contribution in [3.05, 3.63) is 48.4 Å². The summed E-state index contributed by atoms with van der Waals surface area (Å²) >= 11 is 0. The molecule has 0 atom stereocenters. The van der Waals surface area contributed by atoms with E-state index in [1.807, 2.05) is 0 Å². The van der Waals surface area contributed by atoms with Crippen molar-refractivity contribution in [1.29, 1.82) is 0 Å². The molecule has 0 bridgehead atoms. The minimum atomic E-state index is -0.368. The standard InChI is InChI=1S/C13H13N5O2/c14-10-3-1-9(2-4-10)13(20)16-7-12(19)18-11-5-6-15-8-17-11/h1-6,8H,7,14H2,(H,16,20)(H,15,17,18,19). The SMILES string of the molecule is Nc1ccc(C(=O)NCC(=O)Nc2ccncn2)cc1. The third kappa shape index (κ3) is 3.77. The highest BCUT2D eigenvalue weighted by atomic mass is 16.2. The number of hydrogen-bond donors (Lipinski definition) is 3. The second-order valence-corrected chi connectivity index (χ2v) is 3.95. The first kappa shape index (κ1) is 13.5. The number of carbonyl (C=O) groups excluding carboxylic acids is 2. The summed E-state index contributed by atoms with van der Waals surface area (Å²) in [5.74, 6) is -0.331. The third-order valence-electron chi connectivity index (χ3n) is 2.43. The molecule has 7 heteroatoms. The Hall–Kier alpha value is -2.96. The summed E-state index contributed by atoms with van der Waals surface area (Å²) in [5.41, 5.74) is 6.54. The summed E-state index contributed by atoms with van der Waals surface area (Å²) in [4.78, 5) is 30.9. The molecule has 4 N–H and O–H groups in total. The molecule has 0 aliphatic carbocycles. The Bertz CT molecular complexity index is 598. The molecule has 2 amide bonds. The van der Waals surface area contributed by atoms with Gasteiger partial charge in [-0.2, -0.15) is 0 Å². The van der Waals surface area contributed by atoms with Gasteiger partial charge in [-0.25, -0.2) is 9.97 Å². The third-order valence-corrected chi connectivity index (χ3v) is 2.43. The van der Waals surface area contributed by atoms with Crippen molar-refractivity contribution in [3.63, 3.8) is 0 Å².